The molecule has 184 valence electrons. The number of carbonyl (C=O) groups excluding carboxylic acids is 1. The molecule has 2 aromatic heterocycles. The Hall–Kier alpha value is -3.49. The number of benzene rings is 2. The van der Waals surface area contributed by atoms with Crippen LogP contribution in [0.4, 0.5) is 5.00 Å². The second kappa shape index (κ2) is 10.6. The van der Waals surface area contributed by atoms with Gasteiger partial charge in [0.2, 0.25) is 0 Å². The lowest BCUT2D eigenvalue weighted by Crippen LogP contribution is -2.28. The van der Waals surface area contributed by atoms with Gasteiger partial charge in [-0.05, 0) is 55.1 Å². The average molecular weight is 517 g/mol. The maximum Gasteiger partial charge on any atom is 0.341 e. The van der Waals surface area contributed by atoms with Crippen LogP contribution >= 0.6 is 23.6 Å². The number of carbonyl (C=O) groups is 1. The lowest BCUT2D eigenvalue weighted by molar-refractivity contribution is 0.0601. The lowest BCUT2D eigenvalue weighted by atomic mass is 9.88. The Morgan fingerprint density at radius 3 is 2.61 bits per heavy atom. The predicted octanol–water partition coefficient (Wildman–Crippen LogP) is 6.00. The number of esters is 1. The van der Waals surface area contributed by atoms with E-state index in [-0.39, 0.29) is 5.97 Å². The third kappa shape index (κ3) is 5.05. The molecule has 1 aliphatic rings. The molecule has 1 atom stereocenters. The van der Waals surface area contributed by atoms with Crippen molar-refractivity contribution in [2.24, 2.45) is 5.92 Å². The van der Waals surface area contributed by atoms with E-state index in [0.29, 0.717) is 23.1 Å². The number of hydrogen-bond donors (Lipinski definition) is 2. The molecule has 2 aromatic carbocycles. The van der Waals surface area contributed by atoms with Crippen LogP contribution in [0.1, 0.15) is 39.7 Å². The van der Waals surface area contributed by atoms with Gasteiger partial charge in [-0.1, -0.05) is 55.5 Å². The first-order valence-electron chi connectivity index (χ1n) is 12.0. The van der Waals surface area contributed by atoms with Crippen LogP contribution in [-0.4, -0.2) is 28.0 Å². The molecule has 1 aliphatic carbocycles. The van der Waals surface area contributed by atoms with Crippen LogP contribution in [0, 0.1) is 5.92 Å². The first-order valence-corrected chi connectivity index (χ1v) is 13.2. The smallest absolute Gasteiger partial charge is 0.341 e. The summed E-state index contributed by atoms with van der Waals surface area (Å²) in [5.41, 5.74) is 5.66. The molecule has 4 aromatic rings. The van der Waals surface area contributed by atoms with Crippen LogP contribution in [-0.2, 0) is 24.1 Å². The first-order chi connectivity index (χ1) is 17.5. The van der Waals surface area contributed by atoms with E-state index in [2.05, 4.69) is 29.7 Å². The number of rotatable bonds is 6. The molecule has 36 heavy (non-hydrogen) atoms. The number of anilines is 1. The molecule has 5 rings (SSSR count). The zero-order valence-electron chi connectivity index (χ0n) is 20.3. The largest absolute Gasteiger partial charge is 0.465 e. The molecule has 0 saturated carbocycles. The highest BCUT2D eigenvalue weighted by Gasteiger charge is 2.28. The van der Waals surface area contributed by atoms with Crippen molar-refractivity contribution in [2.45, 2.75) is 32.7 Å². The lowest BCUT2D eigenvalue weighted by Gasteiger charge is -2.18. The molecule has 2 N–H and O–H groups in total. The van der Waals surface area contributed by atoms with Gasteiger partial charge < -0.3 is 15.4 Å². The number of hydrogen-bond acceptors (Lipinski definition) is 5. The molecular formula is C28H28N4O2S2. The van der Waals surface area contributed by atoms with Crippen molar-refractivity contribution < 1.29 is 9.53 Å². The second-order valence-corrected chi connectivity index (χ2v) is 10.5. The normalized spacial score (nSPS) is 14.7. The molecule has 6 nitrogen and oxygen atoms in total. The van der Waals surface area contributed by atoms with E-state index in [4.69, 9.17) is 22.1 Å². The summed E-state index contributed by atoms with van der Waals surface area (Å²) in [6, 6.07) is 20.2. The highest BCUT2D eigenvalue weighted by molar-refractivity contribution is 7.80. The van der Waals surface area contributed by atoms with Crippen molar-refractivity contribution in [1.29, 1.82) is 0 Å². The van der Waals surface area contributed by atoms with E-state index in [9.17, 15) is 4.79 Å². The first kappa shape index (κ1) is 24.2. The number of fused-ring (bicyclic) bond motifs is 1. The van der Waals surface area contributed by atoms with Gasteiger partial charge in [0.05, 0.1) is 24.1 Å². The minimum atomic E-state index is -0.317. The van der Waals surface area contributed by atoms with Gasteiger partial charge in [-0.2, -0.15) is 5.10 Å². The van der Waals surface area contributed by atoms with E-state index >= 15 is 0 Å². The molecule has 8 heteroatoms. The highest BCUT2D eigenvalue weighted by Crippen LogP contribution is 2.40. The summed E-state index contributed by atoms with van der Waals surface area (Å²) in [6.45, 7) is 2.73. The molecule has 0 radical (unpaired) electrons. The summed E-state index contributed by atoms with van der Waals surface area (Å²) in [4.78, 5) is 13.9. The van der Waals surface area contributed by atoms with Crippen LogP contribution in [0.15, 0.2) is 66.9 Å². The monoisotopic (exact) mass is 516 g/mol. The average Bonchev–Trinajstić information content (AvgIpc) is 3.49. The third-order valence-electron chi connectivity index (χ3n) is 6.43. The Bertz CT molecular complexity index is 1380. The van der Waals surface area contributed by atoms with E-state index in [1.54, 1.807) is 11.3 Å². The molecule has 0 amide bonds. The number of nitrogens with zero attached hydrogens (tertiary/aromatic N) is 2. The van der Waals surface area contributed by atoms with Gasteiger partial charge in [0, 0.05) is 28.7 Å². The Labute approximate surface area is 220 Å². The van der Waals surface area contributed by atoms with Gasteiger partial charge in [0.15, 0.2) is 5.11 Å². The van der Waals surface area contributed by atoms with Gasteiger partial charge >= 0.3 is 5.97 Å². The standard InChI is InChI=1S/C28H28N4O2S2/c1-18-13-14-22-23(15-18)36-26(24(22)27(33)34-2)30-28(35)29-16-20-17-32(21-11-7-4-8-12-21)31-25(20)19-9-5-3-6-10-19/h3-12,17-18H,13-16H2,1-2H3,(H2,29,30,35)/t18-/m1/s1. The fourth-order valence-electron chi connectivity index (χ4n) is 4.57. The highest BCUT2D eigenvalue weighted by atomic mass is 32.1. The van der Waals surface area contributed by atoms with Crippen LogP contribution in [0.2, 0.25) is 0 Å². The second-order valence-electron chi connectivity index (χ2n) is 9.00. The summed E-state index contributed by atoms with van der Waals surface area (Å²) in [7, 11) is 1.42. The van der Waals surface area contributed by atoms with Crippen molar-refractivity contribution >= 4 is 39.6 Å². The minimum Gasteiger partial charge on any atom is -0.465 e. The van der Waals surface area contributed by atoms with Gasteiger partial charge in [-0.3, -0.25) is 0 Å². The number of para-hydroxylation sites is 1. The summed E-state index contributed by atoms with van der Waals surface area (Å²) in [5.74, 6) is 0.292. The summed E-state index contributed by atoms with van der Waals surface area (Å²) >= 11 is 7.25. The number of thiophene rings is 1. The number of methoxy groups -OCH3 is 1. The fraction of sp³-hybridized carbons (Fsp3) is 0.250. The zero-order chi connectivity index (χ0) is 25.1. The Balaban J connectivity index is 1.37. The summed E-state index contributed by atoms with van der Waals surface area (Å²) in [5, 5.41) is 12.7. The van der Waals surface area contributed by atoms with Gasteiger partial charge in [0.25, 0.3) is 0 Å². The van der Waals surface area contributed by atoms with Gasteiger partial charge in [0.1, 0.15) is 5.00 Å². The number of thiocarbonyl (C=S) groups is 1. The van der Waals surface area contributed by atoms with Gasteiger partial charge in [-0.25, -0.2) is 9.48 Å². The number of ether oxygens (including phenoxy) is 1. The molecule has 0 bridgehead atoms. The van der Waals surface area contributed by atoms with Crippen molar-refractivity contribution in [3.05, 3.63) is 88.4 Å². The van der Waals surface area contributed by atoms with Crippen LogP contribution in [0.3, 0.4) is 0 Å². The minimum absolute atomic E-state index is 0.317. The summed E-state index contributed by atoms with van der Waals surface area (Å²) < 4.78 is 6.99. The van der Waals surface area contributed by atoms with Crippen molar-refractivity contribution in [3.8, 4) is 16.9 Å². The molecule has 0 fully saturated rings. The Morgan fingerprint density at radius 1 is 1.17 bits per heavy atom. The van der Waals surface area contributed by atoms with Gasteiger partial charge in [-0.15, -0.1) is 11.3 Å². The van der Waals surface area contributed by atoms with E-state index < -0.39 is 0 Å². The van der Waals surface area contributed by atoms with E-state index in [1.807, 2.05) is 59.4 Å². The van der Waals surface area contributed by atoms with Crippen LogP contribution in [0.5, 0.6) is 0 Å². The molecule has 0 spiro atoms. The van der Waals surface area contributed by atoms with Crippen molar-refractivity contribution in [3.63, 3.8) is 0 Å². The number of aromatic nitrogens is 2. The zero-order valence-corrected chi connectivity index (χ0v) is 21.9. The van der Waals surface area contributed by atoms with Crippen molar-refractivity contribution in [1.82, 2.24) is 15.1 Å². The molecule has 2 heterocycles. The number of nitrogens with one attached hydrogen (secondary N) is 2. The van der Waals surface area contributed by atoms with Crippen molar-refractivity contribution in [2.75, 3.05) is 12.4 Å². The SMILES string of the molecule is COC(=O)c1c(NC(=S)NCc2cn(-c3ccccc3)nc2-c2ccccc2)sc2c1CC[C@@H](C)C2. The maximum atomic E-state index is 12.6. The topological polar surface area (TPSA) is 68.2 Å². The quantitative estimate of drug-likeness (QED) is 0.242. The van der Waals surface area contributed by atoms with E-state index in [0.717, 1.165) is 52.3 Å². The summed E-state index contributed by atoms with van der Waals surface area (Å²) in [6.07, 6.45) is 4.96. The van der Waals surface area contributed by atoms with Crippen LogP contribution < -0.4 is 10.6 Å². The molecular weight excluding hydrogens is 488 g/mol. The molecule has 0 aliphatic heterocycles. The van der Waals surface area contributed by atoms with Crippen LogP contribution in [0.25, 0.3) is 16.9 Å². The third-order valence-corrected chi connectivity index (χ3v) is 7.84. The molecule has 0 unspecified atom stereocenters. The van der Waals surface area contributed by atoms with E-state index in [1.165, 1.54) is 12.0 Å². The maximum absolute atomic E-state index is 12.6. The predicted molar refractivity (Wildman–Crippen MR) is 149 cm³/mol. The molecule has 0 saturated heterocycles. The Kier molecular flexibility index (Phi) is 7.16. The Morgan fingerprint density at radius 2 is 1.89 bits per heavy atom. The fourth-order valence-corrected chi connectivity index (χ4v) is 6.21.